The van der Waals surface area contributed by atoms with E-state index in [9.17, 15) is 9.59 Å². The van der Waals surface area contributed by atoms with Crippen molar-refractivity contribution in [3.63, 3.8) is 0 Å². The van der Waals surface area contributed by atoms with Gasteiger partial charge in [0.2, 0.25) is 0 Å². The third-order valence-corrected chi connectivity index (χ3v) is 5.61. The normalized spacial score (nSPS) is 10.5. The molecular weight excluding hydrogens is 410 g/mol. The molecule has 2 aromatic carbocycles. The molecule has 2 amide bonds. The summed E-state index contributed by atoms with van der Waals surface area (Å²) in [7, 11) is 1.63. The molecule has 0 aliphatic carbocycles. The summed E-state index contributed by atoms with van der Waals surface area (Å²) in [4.78, 5) is 30.9. The van der Waals surface area contributed by atoms with Crippen molar-refractivity contribution in [3.8, 4) is 10.6 Å². The van der Waals surface area contributed by atoms with Crippen LogP contribution in [0.4, 0.5) is 16.2 Å². The van der Waals surface area contributed by atoms with E-state index in [1.165, 1.54) is 16.2 Å². The Morgan fingerprint density at radius 2 is 1.79 bits per heavy atom. The summed E-state index contributed by atoms with van der Waals surface area (Å²) in [5.41, 5.74) is 2.86. The van der Waals surface area contributed by atoms with Gasteiger partial charge in [0.25, 0.3) is 5.91 Å². The maximum Gasteiger partial charge on any atom is 0.413 e. The summed E-state index contributed by atoms with van der Waals surface area (Å²) in [5, 5.41) is 4.28. The Labute approximate surface area is 178 Å². The van der Waals surface area contributed by atoms with Crippen LogP contribution < -0.4 is 10.2 Å². The van der Waals surface area contributed by atoms with Crippen LogP contribution in [-0.4, -0.2) is 30.6 Å². The monoisotopic (exact) mass is 429 g/mol. The van der Waals surface area contributed by atoms with Gasteiger partial charge < -0.3 is 10.1 Å². The van der Waals surface area contributed by atoms with Crippen molar-refractivity contribution >= 4 is 46.3 Å². The molecule has 0 aliphatic rings. The number of ether oxygens (including phenoxy) is 1. The first kappa shape index (κ1) is 20.8. The van der Waals surface area contributed by atoms with E-state index in [0.29, 0.717) is 33.6 Å². The van der Waals surface area contributed by atoms with Crippen LogP contribution in [0.3, 0.4) is 0 Å². The van der Waals surface area contributed by atoms with Crippen molar-refractivity contribution in [2.24, 2.45) is 0 Å². The van der Waals surface area contributed by atoms with E-state index >= 15 is 0 Å². The topological polar surface area (TPSA) is 71.5 Å². The van der Waals surface area contributed by atoms with Crippen LogP contribution in [0.5, 0.6) is 0 Å². The zero-order valence-corrected chi connectivity index (χ0v) is 17.8. The van der Waals surface area contributed by atoms with E-state index < -0.39 is 6.09 Å². The highest BCUT2D eigenvalue weighted by molar-refractivity contribution is 7.17. The summed E-state index contributed by atoms with van der Waals surface area (Å²) in [5.74, 6) is -0.230. The van der Waals surface area contributed by atoms with Crippen molar-refractivity contribution < 1.29 is 14.3 Å². The van der Waals surface area contributed by atoms with Crippen LogP contribution >= 0.6 is 22.9 Å². The summed E-state index contributed by atoms with van der Waals surface area (Å²) in [6, 6.07) is 14.3. The number of rotatable bonds is 5. The van der Waals surface area contributed by atoms with Crippen molar-refractivity contribution in [3.05, 3.63) is 64.1 Å². The molecule has 0 radical (unpaired) electrons. The predicted molar refractivity (Wildman–Crippen MR) is 117 cm³/mol. The molecule has 0 saturated heterocycles. The van der Waals surface area contributed by atoms with Gasteiger partial charge in [-0.3, -0.25) is 9.69 Å². The van der Waals surface area contributed by atoms with Gasteiger partial charge in [0.15, 0.2) is 0 Å². The van der Waals surface area contributed by atoms with Gasteiger partial charge in [0.05, 0.1) is 12.3 Å². The molecule has 1 N–H and O–H groups in total. The molecule has 0 unspecified atom stereocenters. The second-order valence-corrected chi connectivity index (χ2v) is 7.63. The highest BCUT2D eigenvalue weighted by atomic mass is 35.5. The molecule has 0 bridgehead atoms. The maximum atomic E-state index is 12.7. The first-order valence-corrected chi connectivity index (χ1v) is 10.1. The number of aryl methyl sites for hydroxylation is 1. The molecule has 8 heteroatoms. The fourth-order valence-electron chi connectivity index (χ4n) is 2.60. The summed E-state index contributed by atoms with van der Waals surface area (Å²) in [6.07, 6.45) is -0.431. The van der Waals surface area contributed by atoms with Gasteiger partial charge >= 0.3 is 6.09 Å². The van der Waals surface area contributed by atoms with Gasteiger partial charge in [-0.15, -0.1) is 11.3 Å². The first-order valence-electron chi connectivity index (χ1n) is 8.94. The Kier molecular flexibility index (Phi) is 6.51. The second kappa shape index (κ2) is 9.07. The summed E-state index contributed by atoms with van der Waals surface area (Å²) < 4.78 is 4.97. The zero-order chi connectivity index (χ0) is 21.0. The number of anilines is 2. The van der Waals surface area contributed by atoms with Gasteiger partial charge in [0.1, 0.15) is 9.88 Å². The number of hydrogen-bond acceptors (Lipinski definition) is 5. The number of carbonyl (C=O) groups is 2. The number of hydrogen-bond donors (Lipinski definition) is 1. The SMILES string of the molecule is CCOC(=O)N(C)c1ccc(NC(=O)c2sc(-c3ccc(Cl)cc3)nc2C)cc1. The molecule has 3 rings (SSSR count). The number of carbonyl (C=O) groups excluding carboxylic acids is 2. The van der Waals surface area contributed by atoms with Crippen LogP contribution in [0.25, 0.3) is 10.6 Å². The number of amides is 2. The van der Waals surface area contributed by atoms with E-state index in [1.54, 1.807) is 50.4 Å². The third-order valence-electron chi connectivity index (χ3n) is 4.15. The lowest BCUT2D eigenvalue weighted by Gasteiger charge is -2.16. The minimum Gasteiger partial charge on any atom is -0.449 e. The van der Waals surface area contributed by atoms with Crippen molar-refractivity contribution in [2.75, 3.05) is 23.9 Å². The minimum atomic E-state index is -0.431. The van der Waals surface area contributed by atoms with E-state index in [4.69, 9.17) is 16.3 Å². The lowest BCUT2D eigenvalue weighted by Crippen LogP contribution is -2.26. The first-order chi connectivity index (χ1) is 13.9. The average Bonchev–Trinajstić information content (AvgIpc) is 3.10. The van der Waals surface area contributed by atoms with Gasteiger partial charge in [-0.1, -0.05) is 23.7 Å². The van der Waals surface area contributed by atoms with Crippen molar-refractivity contribution in [1.82, 2.24) is 4.98 Å². The van der Waals surface area contributed by atoms with E-state index in [1.807, 2.05) is 19.1 Å². The molecule has 29 heavy (non-hydrogen) atoms. The van der Waals surface area contributed by atoms with E-state index in [-0.39, 0.29) is 5.91 Å². The molecule has 0 atom stereocenters. The molecule has 0 fully saturated rings. The summed E-state index contributed by atoms with van der Waals surface area (Å²) >= 11 is 7.26. The predicted octanol–water partition coefficient (Wildman–Crippen LogP) is 5.62. The van der Waals surface area contributed by atoms with Gasteiger partial charge in [-0.2, -0.15) is 0 Å². The molecule has 1 aromatic heterocycles. The highest BCUT2D eigenvalue weighted by Crippen LogP contribution is 2.29. The lowest BCUT2D eigenvalue weighted by atomic mass is 10.2. The molecule has 1 heterocycles. The van der Waals surface area contributed by atoms with Crippen molar-refractivity contribution in [2.45, 2.75) is 13.8 Å². The average molecular weight is 430 g/mol. The smallest absolute Gasteiger partial charge is 0.413 e. The minimum absolute atomic E-state index is 0.230. The maximum absolute atomic E-state index is 12.7. The molecule has 150 valence electrons. The molecule has 0 spiro atoms. The Morgan fingerprint density at radius 1 is 1.14 bits per heavy atom. The van der Waals surface area contributed by atoms with Gasteiger partial charge in [-0.25, -0.2) is 9.78 Å². The van der Waals surface area contributed by atoms with Crippen LogP contribution in [0, 0.1) is 6.92 Å². The largest absolute Gasteiger partial charge is 0.449 e. The van der Waals surface area contributed by atoms with E-state index in [2.05, 4.69) is 10.3 Å². The molecule has 3 aromatic rings. The number of nitrogens with one attached hydrogen (secondary N) is 1. The van der Waals surface area contributed by atoms with Crippen molar-refractivity contribution in [1.29, 1.82) is 0 Å². The lowest BCUT2D eigenvalue weighted by molar-refractivity contribution is 0.102. The highest BCUT2D eigenvalue weighted by Gasteiger charge is 2.17. The zero-order valence-electron chi connectivity index (χ0n) is 16.2. The fraction of sp³-hybridized carbons (Fsp3) is 0.190. The third kappa shape index (κ3) is 4.93. The number of aromatic nitrogens is 1. The van der Waals surface area contributed by atoms with Crippen LogP contribution in [0.15, 0.2) is 48.5 Å². The van der Waals surface area contributed by atoms with E-state index in [0.717, 1.165) is 10.6 Å². The van der Waals surface area contributed by atoms with Gasteiger partial charge in [-0.05, 0) is 50.2 Å². The number of nitrogens with zero attached hydrogens (tertiary/aromatic N) is 2. The van der Waals surface area contributed by atoms with Crippen LogP contribution in [0.1, 0.15) is 22.3 Å². The number of benzene rings is 2. The van der Waals surface area contributed by atoms with Gasteiger partial charge in [0, 0.05) is 29.0 Å². The quantitative estimate of drug-likeness (QED) is 0.571. The Hall–Kier alpha value is -2.90. The molecule has 0 aliphatic heterocycles. The molecule has 0 saturated carbocycles. The Bertz CT molecular complexity index is 1020. The molecular formula is C21H20ClN3O3S. The second-order valence-electron chi connectivity index (χ2n) is 6.20. The Morgan fingerprint density at radius 3 is 2.41 bits per heavy atom. The molecule has 6 nitrogen and oxygen atoms in total. The Balaban J connectivity index is 1.72. The standard InChI is InChI=1S/C21H20ClN3O3S/c1-4-28-21(27)25(3)17-11-9-16(10-12-17)24-19(26)18-13(2)23-20(29-18)14-5-7-15(22)8-6-14/h5-12H,4H2,1-3H3,(H,24,26). The number of halogens is 1. The van der Waals surface area contributed by atoms with Crippen LogP contribution in [0.2, 0.25) is 5.02 Å². The summed E-state index contributed by atoms with van der Waals surface area (Å²) in [6.45, 7) is 3.87. The number of thiazole rings is 1. The fourth-order valence-corrected chi connectivity index (χ4v) is 3.70. The van der Waals surface area contributed by atoms with Crippen LogP contribution in [-0.2, 0) is 4.74 Å².